The largest absolute Gasteiger partial charge is 0.399 e. The van der Waals surface area contributed by atoms with Crippen molar-refractivity contribution in [3.05, 3.63) is 24.3 Å². The second-order valence-electron chi connectivity index (χ2n) is 4.78. The Labute approximate surface area is 92.1 Å². The lowest BCUT2D eigenvalue weighted by molar-refractivity contribution is 0.390. The third kappa shape index (κ3) is 2.25. The molecule has 0 amide bonds. The van der Waals surface area contributed by atoms with Gasteiger partial charge in [0.25, 0.3) is 0 Å². The molecule has 0 aromatic heterocycles. The fourth-order valence-corrected chi connectivity index (χ4v) is 2.35. The van der Waals surface area contributed by atoms with Crippen LogP contribution in [0.25, 0.3) is 0 Å². The number of hydrogen-bond donors (Lipinski definition) is 1. The van der Waals surface area contributed by atoms with Gasteiger partial charge in [0, 0.05) is 24.0 Å². The maximum atomic E-state index is 5.82. The molecular weight excluding hydrogens is 184 g/mol. The van der Waals surface area contributed by atoms with E-state index in [0.29, 0.717) is 6.04 Å². The van der Waals surface area contributed by atoms with Crippen molar-refractivity contribution in [1.29, 1.82) is 0 Å². The third-order valence-electron chi connectivity index (χ3n) is 3.32. The smallest absolute Gasteiger partial charge is 0.0389 e. The van der Waals surface area contributed by atoms with Crippen LogP contribution in [-0.4, -0.2) is 12.6 Å². The van der Waals surface area contributed by atoms with Crippen LogP contribution in [0.2, 0.25) is 0 Å². The Hall–Kier alpha value is -1.18. The second-order valence-corrected chi connectivity index (χ2v) is 4.78. The number of nitrogens with two attached hydrogens (primary N) is 1. The Morgan fingerprint density at radius 3 is 2.80 bits per heavy atom. The lowest BCUT2D eigenvalue weighted by Crippen LogP contribution is -2.41. The molecule has 1 saturated heterocycles. The van der Waals surface area contributed by atoms with Crippen LogP contribution in [0.1, 0.15) is 26.7 Å². The van der Waals surface area contributed by atoms with Gasteiger partial charge in [-0.1, -0.05) is 13.0 Å². The summed E-state index contributed by atoms with van der Waals surface area (Å²) in [6.45, 7) is 5.78. The average molecular weight is 204 g/mol. The van der Waals surface area contributed by atoms with Crippen LogP contribution in [0, 0.1) is 5.92 Å². The Kier molecular flexibility index (Phi) is 2.85. The minimum atomic E-state index is 0.642. The molecule has 0 spiro atoms. The van der Waals surface area contributed by atoms with Crippen molar-refractivity contribution in [3.63, 3.8) is 0 Å². The van der Waals surface area contributed by atoms with Gasteiger partial charge in [-0.05, 0) is 43.9 Å². The quantitative estimate of drug-likeness (QED) is 0.713. The monoisotopic (exact) mass is 204 g/mol. The van der Waals surface area contributed by atoms with E-state index in [0.717, 1.165) is 18.2 Å². The number of hydrogen-bond acceptors (Lipinski definition) is 2. The number of benzene rings is 1. The summed E-state index contributed by atoms with van der Waals surface area (Å²) in [7, 11) is 0. The van der Waals surface area contributed by atoms with Gasteiger partial charge in [0.05, 0.1) is 0 Å². The van der Waals surface area contributed by atoms with Gasteiger partial charge in [-0.25, -0.2) is 0 Å². The third-order valence-corrected chi connectivity index (χ3v) is 3.32. The fourth-order valence-electron chi connectivity index (χ4n) is 2.35. The Morgan fingerprint density at radius 1 is 1.27 bits per heavy atom. The van der Waals surface area contributed by atoms with Crippen molar-refractivity contribution in [1.82, 2.24) is 0 Å². The zero-order chi connectivity index (χ0) is 10.8. The summed E-state index contributed by atoms with van der Waals surface area (Å²) in [5.41, 5.74) is 7.95. The number of nitrogen functional groups attached to an aromatic ring is 1. The number of anilines is 2. The first kappa shape index (κ1) is 10.3. The minimum Gasteiger partial charge on any atom is -0.399 e. The van der Waals surface area contributed by atoms with Gasteiger partial charge in [-0.3, -0.25) is 0 Å². The van der Waals surface area contributed by atoms with E-state index in [1.54, 1.807) is 0 Å². The zero-order valence-corrected chi connectivity index (χ0v) is 9.61. The topological polar surface area (TPSA) is 29.3 Å². The van der Waals surface area contributed by atoms with Crippen LogP contribution in [0.3, 0.4) is 0 Å². The first-order valence-electron chi connectivity index (χ1n) is 5.79. The molecule has 0 radical (unpaired) electrons. The van der Waals surface area contributed by atoms with Crippen LogP contribution in [0.15, 0.2) is 24.3 Å². The molecular formula is C13H20N2. The van der Waals surface area contributed by atoms with E-state index in [1.807, 2.05) is 12.1 Å². The molecule has 1 aromatic carbocycles. The van der Waals surface area contributed by atoms with Gasteiger partial charge in [0.2, 0.25) is 0 Å². The number of nitrogens with zero attached hydrogens (tertiary/aromatic N) is 1. The van der Waals surface area contributed by atoms with Gasteiger partial charge in [-0.15, -0.1) is 0 Å². The van der Waals surface area contributed by atoms with Crippen LogP contribution in [-0.2, 0) is 0 Å². The van der Waals surface area contributed by atoms with Crippen LogP contribution in [0.5, 0.6) is 0 Å². The molecule has 2 N–H and O–H groups in total. The summed E-state index contributed by atoms with van der Waals surface area (Å²) in [6, 6.07) is 8.86. The molecule has 1 aliphatic heterocycles. The number of piperidine rings is 1. The molecule has 0 bridgehead atoms. The predicted octanol–water partition coefficient (Wildman–Crippen LogP) is 2.89. The Bertz CT molecular complexity index is 335. The first-order chi connectivity index (χ1) is 7.16. The molecule has 2 atom stereocenters. The van der Waals surface area contributed by atoms with E-state index in [1.165, 1.54) is 18.5 Å². The summed E-state index contributed by atoms with van der Waals surface area (Å²) < 4.78 is 0. The lowest BCUT2D eigenvalue weighted by Gasteiger charge is -2.38. The predicted molar refractivity (Wildman–Crippen MR) is 66.1 cm³/mol. The van der Waals surface area contributed by atoms with Gasteiger partial charge in [-0.2, -0.15) is 0 Å². The van der Waals surface area contributed by atoms with Crippen molar-refractivity contribution in [2.24, 2.45) is 5.92 Å². The zero-order valence-electron chi connectivity index (χ0n) is 9.61. The van der Waals surface area contributed by atoms with Gasteiger partial charge in [0.1, 0.15) is 0 Å². The van der Waals surface area contributed by atoms with Crippen LogP contribution >= 0.6 is 0 Å². The second kappa shape index (κ2) is 4.13. The molecule has 1 aliphatic rings. The normalized spacial score (nSPS) is 26.7. The standard InChI is InChI=1S/C13H20N2/c1-10-6-7-11(2)15(9-10)13-5-3-4-12(14)8-13/h3-5,8,10-11H,6-7,9,14H2,1-2H3. The van der Waals surface area contributed by atoms with E-state index in [4.69, 9.17) is 5.73 Å². The molecule has 0 aliphatic carbocycles. The highest BCUT2D eigenvalue weighted by Gasteiger charge is 2.22. The van der Waals surface area contributed by atoms with Crippen molar-refractivity contribution in [2.75, 3.05) is 17.2 Å². The lowest BCUT2D eigenvalue weighted by atomic mass is 9.94. The SMILES string of the molecule is CC1CCC(C)N(c2cccc(N)c2)C1. The summed E-state index contributed by atoms with van der Waals surface area (Å²) in [4.78, 5) is 2.48. The van der Waals surface area contributed by atoms with E-state index in [9.17, 15) is 0 Å². The highest BCUT2D eigenvalue weighted by Crippen LogP contribution is 2.28. The molecule has 2 heteroatoms. The molecule has 1 aromatic rings. The maximum absolute atomic E-state index is 5.82. The molecule has 2 nitrogen and oxygen atoms in total. The number of rotatable bonds is 1. The van der Waals surface area contributed by atoms with Crippen molar-refractivity contribution in [3.8, 4) is 0 Å². The van der Waals surface area contributed by atoms with Gasteiger partial charge >= 0.3 is 0 Å². The van der Waals surface area contributed by atoms with E-state index < -0.39 is 0 Å². The molecule has 1 heterocycles. The highest BCUT2D eigenvalue weighted by molar-refractivity contribution is 5.56. The average Bonchev–Trinajstić information content (AvgIpc) is 2.22. The summed E-state index contributed by atoms with van der Waals surface area (Å²) in [6.07, 6.45) is 2.63. The summed E-state index contributed by atoms with van der Waals surface area (Å²) in [5, 5.41) is 0. The Balaban J connectivity index is 2.21. The van der Waals surface area contributed by atoms with E-state index in [-0.39, 0.29) is 0 Å². The van der Waals surface area contributed by atoms with Gasteiger partial charge < -0.3 is 10.6 Å². The van der Waals surface area contributed by atoms with Crippen LogP contribution in [0.4, 0.5) is 11.4 Å². The molecule has 2 rings (SSSR count). The minimum absolute atomic E-state index is 0.642. The van der Waals surface area contributed by atoms with Crippen molar-refractivity contribution < 1.29 is 0 Å². The van der Waals surface area contributed by atoms with E-state index >= 15 is 0 Å². The Morgan fingerprint density at radius 2 is 2.07 bits per heavy atom. The fraction of sp³-hybridized carbons (Fsp3) is 0.538. The maximum Gasteiger partial charge on any atom is 0.0389 e. The highest BCUT2D eigenvalue weighted by atomic mass is 15.2. The van der Waals surface area contributed by atoms with Crippen molar-refractivity contribution >= 4 is 11.4 Å². The van der Waals surface area contributed by atoms with Gasteiger partial charge in [0.15, 0.2) is 0 Å². The summed E-state index contributed by atoms with van der Waals surface area (Å²) in [5.74, 6) is 0.794. The molecule has 1 fully saturated rings. The molecule has 2 unspecified atom stereocenters. The molecule has 15 heavy (non-hydrogen) atoms. The molecule has 0 saturated carbocycles. The first-order valence-corrected chi connectivity index (χ1v) is 5.79. The molecule has 82 valence electrons. The van der Waals surface area contributed by atoms with E-state index in [2.05, 4.69) is 30.9 Å². The van der Waals surface area contributed by atoms with Crippen molar-refractivity contribution in [2.45, 2.75) is 32.7 Å². The van der Waals surface area contributed by atoms with Crippen LogP contribution < -0.4 is 10.6 Å². The summed E-state index contributed by atoms with van der Waals surface area (Å²) >= 11 is 0.